The zero-order valence-electron chi connectivity index (χ0n) is 11.9. The number of hydrogen-bond donors (Lipinski definition) is 1. The molecule has 2 unspecified atom stereocenters. The topological polar surface area (TPSA) is 24.5 Å². The number of hydrogen-bond acceptors (Lipinski definition) is 3. The molecule has 0 spiro atoms. The first kappa shape index (κ1) is 12.9. The third-order valence-electron chi connectivity index (χ3n) is 5.21. The molecule has 3 nitrogen and oxygen atoms in total. The van der Waals surface area contributed by atoms with E-state index >= 15 is 0 Å². The molecule has 0 amide bonds. The van der Waals surface area contributed by atoms with Crippen LogP contribution in [0.25, 0.3) is 0 Å². The molecule has 0 radical (unpaired) electrons. The molecule has 3 heteroatoms. The minimum atomic E-state index is 0.428. The highest BCUT2D eigenvalue weighted by Gasteiger charge is 2.34. The van der Waals surface area contributed by atoms with Gasteiger partial charge in [-0.2, -0.15) is 0 Å². The molecule has 2 atom stereocenters. The molecule has 104 valence electrons. The van der Waals surface area contributed by atoms with Gasteiger partial charge >= 0.3 is 0 Å². The number of ether oxygens (including phenoxy) is 1. The Hall–Kier alpha value is -0.120. The Balaban J connectivity index is 1.35. The summed E-state index contributed by atoms with van der Waals surface area (Å²) in [6.07, 6.45) is 5.89. The number of nitrogens with zero attached hydrogens (tertiary/aromatic N) is 1. The van der Waals surface area contributed by atoms with E-state index in [9.17, 15) is 0 Å². The summed E-state index contributed by atoms with van der Waals surface area (Å²) >= 11 is 0. The van der Waals surface area contributed by atoms with Gasteiger partial charge < -0.3 is 10.1 Å². The Morgan fingerprint density at radius 1 is 1.33 bits per heavy atom. The van der Waals surface area contributed by atoms with E-state index in [0.29, 0.717) is 6.10 Å². The van der Waals surface area contributed by atoms with Gasteiger partial charge in [0, 0.05) is 25.2 Å². The highest BCUT2D eigenvalue weighted by Crippen LogP contribution is 2.33. The van der Waals surface area contributed by atoms with Crippen LogP contribution in [0.1, 0.15) is 39.5 Å². The number of nitrogens with one attached hydrogen (secondary N) is 1. The molecule has 0 aromatic rings. The van der Waals surface area contributed by atoms with E-state index < -0.39 is 0 Å². The molecule has 2 saturated heterocycles. The van der Waals surface area contributed by atoms with Gasteiger partial charge in [0.05, 0.1) is 12.7 Å². The first-order valence-electron chi connectivity index (χ1n) is 7.81. The average Bonchev–Trinajstić information content (AvgIpc) is 2.73. The Kier molecular flexibility index (Phi) is 3.92. The van der Waals surface area contributed by atoms with Gasteiger partial charge in [-0.3, -0.25) is 4.90 Å². The third kappa shape index (κ3) is 2.73. The fourth-order valence-electron chi connectivity index (χ4n) is 3.68. The Labute approximate surface area is 111 Å². The molecular weight excluding hydrogens is 224 g/mol. The van der Waals surface area contributed by atoms with E-state index in [1.54, 1.807) is 0 Å². The van der Waals surface area contributed by atoms with Gasteiger partial charge in [0.1, 0.15) is 0 Å². The van der Waals surface area contributed by atoms with Crippen LogP contribution in [0.2, 0.25) is 0 Å². The zero-order valence-corrected chi connectivity index (χ0v) is 11.9. The highest BCUT2D eigenvalue weighted by atomic mass is 16.5. The second-order valence-electron chi connectivity index (χ2n) is 6.83. The van der Waals surface area contributed by atoms with Gasteiger partial charge in [-0.25, -0.2) is 0 Å². The largest absolute Gasteiger partial charge is 0.374 e. The minimum absolute atomic E-state index is 0.428. The van der Waals surface area contributed by atoms with E-state index in [4.69, 9.17) is 4.74 Å². The molecule has 0 aromatic carbocycles. The monoisotopic (exact) mass is 252 g/mol. The SMILES string of the molecule is CC(C)C1CC(NCC2CN3CCCC3CO2)C1. The molecule has 3 aliphatic rings. The molecule has 1 aliphatic carbocycles. The second kappa shape index (κ2) is 5.48. The maximum Gasteiger partial charge on any atom is 0.0827 e. The van der Waals surface area contributed by atoms with Crippen molar-refractivity contribution >= 4 is 0 Å². The highest BCUT2D eigenvalue weighted by molar-refractivity contribution is 4.90. The van der Waals surface area contributed by atoms with Crippen LogP contribution in [0, 0.1) is 11.8 Å². The molecule has 1 saturated carbocycles. The van der Waals surface area contributed by atoms with Crippen LogP contribution < -0.4 is 5.32 Å². The maximum absolute atomic E-state index is 5.98. The van der Waals surface area contributed by atoms with Gasteiger partial charge in [-0.1, -0.05) is 13.8 Å². The van der Waals surface area contributed by atoms with Crippen LogP contribution in [-0.4, -0.2) is 49.3 Å². The van der Waals surface area contributed by atoms with Gasteiger partial charge in [-0.05, 0) is 44.1 Å². The minimum Gasteiger partial charge on any atom is -0.374 e. The molecule has 2 heterocycles. The number of fused-ring (bicyclic) bond motifs is 1. The van der Waals surface area contributed by atoms with Crippen molar-refractivity contribution in [3.63, 3.8) is 0 Å². The van der Waals surface area contributed by atoms with Crippen molar-refractivity contribution in [1.29, 1.82) is 0 Å². The van der Waals surface area contributed by atoms with Crippen molar-refractivity contribution in [2.75, 3.05) is 26.2 Å². The summed E-state index contributed by atoms with van der Waals surface area (Å²) in [5.74, 6) is 1.82. The summed E-state index contributed by atoms with van der Waals surface area (Å²) in [6.45, 7) is 9.16. The smallest absolute Gasteiger partial charge is 0.0827 e. The van der Waals surface area contributed by atoms with Crippen molar-refractivity contribution < 1.29 is 4.74 Å². The van der Waals surface area contributed by atoms with Crippen LogP contribution in [0.15, 0.2) is 0 Å². The Bertz CT molecular complexity index is 276. The van der Waals surface area contributed by atoms with Gasteiger partial charge in [0.25, 0.3) is 0 Å². The first-order valence-corrected chi connectivity index (χ1v) is 7.81. The van der Waals surface area contributed by atoms with E-state index in [1.807, 2.05) is 0 Å². The fourth-order valence-corrected chi connectivity index (χ4v) is 3.68. The summed E-state index contributed by atoms with van der Waals surface area (Å²) in [4.78, 5) is 2.63. The third-order valence-corrected chi connectivity index (χ3v) is 5.21. The molecule has 2 aliphatic heterocycles. The first-order chi connectivity index (χ1) is 8.72. The Morgan fingerprint density at radius 3 is 2.94 bits per heavy atom. The van der Waals surface area contributed by atoms with Crippen LogP contribution in [0.3, 0.4) is 0 Å². The van der Waals surface area contributed by atoms with Crippen molar-refractivity contribution in [1.82, 2.24) is 10.2 Å². The maximum atomic E-state index is 5.98. The predicted octanol–water partition coefficient (Wildman–Crippen LogP) is 1.87. The summed E-state index contributed by atoms with van der Waals surface area (Å²) in [6, 6.07) is 1.49. The molecule has 0 aromatic heterocycles. The van der Waals surface area contributed by atoms with Crippen molar-refractivity contribution in [2.45, 2.75) is 57.7 Å². The Morgan fingerprint density at radius 2 is 2.17 bits per heavy atom. The second-order valence-corrected chi connectivity index (χ2v) is 6.83. The summed E-state index contributed by atoms with van der Waals surface area (Å²) in [5, 5.41) is 3.70. The van der Waals surface area contributed by atoms with Crippen LogP contribution in [0.4, 0.5) is 0 Å². The summed E-state index contributed by atoms with van der Waals surface area (Å²) in [5.41, 5.74) is 0. The van der Waals surface area contributed by atoms with Crippen molar-refractivity contribution in [3.8, 4) is 0 Å². The standard InChI is InChI=1S/C15H28N2O/c1-11(2)12-6-13(7-12)16-8-15-9-17-5-3-4-14(17)10-18-15/h11-16H,3-10H2,1-2H3. The van der Waals surface area contributed by atoms with Gasteiger partial charge in [0.2, 0.25) is 0 Å². The van der Waals surface area contributed by atoms with E-state index in [-0.39, 0.29) is 0 Å². The normalized spacial score (nSPS) is 40.8. The zero-order chi connectivity index (χ0) is 12.5. The van der Waals surface area contributed by atoms with Crippen molar-refractivity contribution in [2.24, 2.45) is 11.8 Å². The molecule has 3 fully saturated rings. The molecule has 3 rings (SSSR count). The van der Waals surface area contributed by atoms with E-state index in [0.717, 1.165) is 43.6 Å². The molecule has 0 bridgehead atoms. The number of morpholine rings is 1. The lowest BCUT2D eigenvalue weighted by Crippen LogP contribution is -2.52. The molecule has 18 heavy (non-hydrogen) atoms. The van der Waals surface area contributed by atoms with E-state index in [2.05, 4.69) is 24.1 Å². The lowest BCUT2D eigenvalue weighted by molar-refractivity contribution is -0.0497. The summed E-state index contributed by atoms with van der Waals surface area (Å²) < 4.78 is 5.98. The predicted molar refractivity (Wildman–Crippen MR) is 73.7 cm³/mol. The van der Waals surface area contributed by atoms with Gasteiger partial charge in [-0.15, -0.1) is 0 Å². The van der Waals surface area contributed by atoms with Gasteiger partial charge in [0.15, 0.2) is 0 Å². The van der Waals surface area contributed by atoms with Crippen molar-refractivity contribution in [3.05, 3.63) is 0 Å². The summed E-state index contributed by atoms with van der Waals surface area (Å²) in [7, 11) is 0. The fraction of sp³-hybridized carbons (Fsp3) is 1.00. The quantitative estimate of drug-likeness (QED) is 0.827. The lowest BCUT2D eigenvalue weighted by atomic mass is 9.73. The van der Waals surface area contributed by atoms with Crippen LogP contribution in [-0.2, 0) is 4.74 Å². The molecule has 1 N–H and O–H groups in total. The van der Waals surface area contributed by atoms with Crippen LogP contribution in [0.5, 0.6) is 0 Å². The average molecular weight is 252 g/mol. The molecular formula is C15H28N2O. The lowest BCUT2D eigenvalue weighted by Gasteiger charge is -2.41. The van der Waals surface area contributed by atoms with Crippen LogP contribution >= 0.6 is 0 Å². The van der Waals surface area contributed by atoms with E-state index in [1.165, 1.54) is 32.2 Å². The number of rotatable bonds is 4.